The van der Waals surface area contributed by atoms with Gasteiger partial charge >= 0.3 is 0 Å². The number of amides is 2. The number of nitrogens with one attached hydrogen (secondary N) is 1. The van der Waals surface area contributed by atoms with Crippen molar-refractivity contribution in [2.75, 3.05) is 39.3 Å². The molecule has 1 aromatic carbocycles. The van der Waals surface area contributed by atoms with Crippen LogP contribution in [0.2, 0.25) is 0 Å². The maximum atomic E-state index is 12.7. The first kappa shape index (κ1) is 19.4. The van der Waals surface area contributed by atoms with E-state index in [4.69, 9.17) is 5.11 Å². The van der Waals surface area contributed by atoms with Gasteiger partial charge in [-0.1, -0.05) is 32.9 Å². The summed E-state index contributed by atoms with van der Waals surface area (Å²) in [5, 5.41) is 11.9. The van der Waals surface area contributed by atoms with Gasteiger partial charge in [-0.3, -0.25) is 14.5 Å². The lowest BCUT2D eigenvalue weighted by Gasteiger charge is -2.34. The molecule has 0 aliphatic carbocycles. The molecule has 0 bridgehead atoms. The molecule has 0 unspecified atom stereocenters. The number of piperazine rings is 1. The molecule has 0 radical (unpaired) electrons. The number of aliphatic hydroxyl groups is 1. The normalized spacial score (nSPS) is 15.9. The Labute approximate surface area is 149 Å². The molecule has 0 spiro atoms. The molecule has 2 N–H and O–H groups in total. The predicted octanol–water partition coefficient (Wildman–Crippen LogP) is 1.10. The van der Waals surface area contributed by atoms with Crippen molar-refractivity contribution in [2.24, 2.45) is 5.41 Å². The zero-order valence-electron chi connectivity index (χ0n) is 15.4. The highest BCUT2D eigenvalue weighted by molar-refractivity contribution is 5.94. The highest BCUT2D eigenvalue weighted by atomic mass is 16.3. The van der Waals surface area contributed by atoms with Crippen LogP contribution < -0.4 is 5.32 Å². The summed E-state index contributed by atoms with van der Waals surface area (Å²) in [6, 6.07) is 7.44. The summed E-state index contributed by atoms with van der Waals surface area (Å²) in [4.78, 5) is 28.7. The maximum absolute atomic E-state index is 12.7. The summed E-state index contributed by atoms with van der Waals surface area (Å²) >= 11 is 0. The van der Waals surface area contributed by atoms with Crippen LogP contribution in [0.15, 0.2) is 24.3 Å². The number of carbonyl (C=O) groups is 2. The third-order valence-corrected chi connectivity index (χ3v) is 4.38. The molecule has 6 nitrogen and oxygen atoms in total. The number of nitrogens with zero attached hydrogens (tertiary/aromatic N) is 2. The van der Waals surface area contributed by atoms with Crippen LogP contribution in [0.5, 0.6) is 0 Å². The van der Waals surface area contributed by atoms with Crippen molar-refractivity contribution < 1.29 is 14.7 Å². The van der Waals surface area contributed by atoms with Gasteiger partial charge in [0.05, 0.1) is 6.61 Å². The average Bonchev–Trinajstić information content (AvgIpc) is 2.59. The number of β-amino-alcohol motifs (C(OH)–C–C–N with tert-alkyl or cyclic N) is 1. The molecule has 138 valence electrons. The van der Waals surface area contributed by atoms with E-state index in [9.17, 15) is 9.59 Å². The fourth-order valence-corrected chi connectivity index (χ4v) is 2.76. The summed E-state index contributed by atoms with van der Waals surface area (Å²) in [5.41, 5.74) is 1.14. The molecule has 0 aromatic heterocycles. The molecule has 1 saturated heterocycles. The second-order valence-electron chi connectivity index (χ2n) is 7.49. The van der Waals surface area contributed by atoms with Crippen LogP contribution in [0.25, 0.3) is 0 Å². The van der Waals surface area contributed by atoms with E-state index >= 15 is 0 Å². The number of rotatable bonds is 5. The van der Waals surface area contributed by atoms with E-state index in [1.165, 1.54) is 0 Å². The maximum Gasteiger partial charge on any atom is 0.253 e. The molecule has 2 rings (SSSR count). The predicted molar refractivity (Wildman–Crippen MR) is 97.2 cm³/mol. The van der Waals surface area contributed by atoms with Crippen LogP contribution in [0, 0.1) is 5.41 Å². The quantitative estimate of drug-likeness (QED) is 0.837. The zero-order chi connectivity index (χ0) is 18.4. The van der Waals surface area contributed by atoms with E-state index in [0.717, 1.165) is 18.7 Å². The Morgan fingerprint density at radius 3 is 2.44 bits per heavy atom. The second kappa shape index (κ2) is 8.45. The van der Waals surface area contributed by atoms with Crippen molar-refractivity contribution in [3.63, 3.8) is 0 Å². The van der Waals surface area contributed by atoms with Crippen LogP contribution in [0.3, 0.4) is 0 Å². The summed E-state index contributed by atoms with van der Waals surface area (Å²) in [6.45, 7) is 9.76. The monoisotopic (exact) mass is 347 g/mol. The van der Waals surface area contributed by atoms with Gasteiger partial charge in [-0.05, 0) is 17.7 Å². The van der Waals surface area contributed by atoms with E-state index < -0.39 is 5.41 Å². The summed E-state index contributed by atoms with van der Waals surface area (Å²) in [5.74, 6) is 0.0110. The van der Waals surface area contributed by atoms with Crippen molar-refractivity contribution in [1.82, 2.24) is 15.1 Å². The fraction of sp³-hybridized carbons (Fsp3) is 0.579. The molecule has 25 heavy (non-hydrogen) atoms. The molecule has 1 heterocycles. The Bertz CT molecular complexity index is 602. The van der Waals surface area contributed by atoms with Gasteiger partial charge in [-0.25, -0.2) is 0 Å². The Hall–Kier alpha value is -1.92. The highest BCUT2D eigenvalue weighted by Gasteiger charge is 2.23. The van der Waals surface area contributed by atoms with Gasteiger partial charge in [0.25, 0.3) is 5.91 Å². The van der Waals surface area contributed by atoms with Gasteiger partial charge in [0.15, 0.2) is 0 Å². The number of hydrogen-bond donors (Lipinski definition) is 2. The molecule has 6 heteroatoms. The number of aliphatic hydroxyl groups excluding tert-OH is 1. The smallest absolute Gasteiger partial charge is 0.253 e. The van der Waals surface area contributed by atoms with Crippen LogP contribution in [-0.2, 0) is 11.3 Å². The molecule has 1 aliphatic heterocycles. The molecule has 1 fully saturated rings. The summed E-state index contributed by atoms with van der Waals surface area (Å²) in [7, 11) is 0. The third-order valence-electron chi connectivity index (χ3n) is 4.38. The minimum Gasteiger partial charge on any atom is -0.395 e. The third kappa shape index (κ3) is 5.54. The van der Waals surface area contributed by atoms with Gasteiger partial charge < -0.3 is 15.3 Å². The summed E-state index contributed by atoms with van der Waals surface area (Å²) in [6.07, 6.45) is 0. The first-order valence-corrected chi connectivity index (χ1v) is 8.81. The van der Waals surface area contributed by atoms with Gasteiger partial charge in [-0.15, -0.1) is 0 Å². The topological polar surface area (TPSA) is 72.9 Å². The molecular weight excluding hydrogens is 318 g/mol. The van der Waals surface area contributed by atoms with Crippen molar-refractivity contribution in [3.05, 3.63) is 35.4 Å². The lowest BCUT2D eigenvalue weighted by Crippen LogP contribution is -2.49. The Morgan fingerprint density at radius 1 is 1.16 bits per heavy atom. The Balaban J connectivity index is 1.94. The van der Waals surface area contributed by atoms with Crippen LogP contribution in [-0.4, -0.2) is 66.1 Å². The molecule has 1 aromatic rings. The first-order valence-electron chi connectivity index (χ1n) is 8.81. The number of carbonyl (C=O) groups excluding carboxylic acids is 2. The standard InChI is InChI=1S/C19H29N3O3/c1-19(2,3)18(25)20-14-15-5-4-6-16(13-15)17(24)22-9-7-21(8-10-22)11-12-23/h4-6,13,23H,7-12,14H2,1-3H3,(H,20,25). The van der Waals surface area contributed by atoms with Gasteiger partial charge in [0, 0.05) is 50.2 Å². The van der Waals surface area contributed by atoms with E-state index in [-0.39, 0.29) is 18.4 Å². The molecule has 1 aliphatic rings. The van der Waals surface area contributed by atoms with E-state index in [2.05, 4.69) is 10.2 Å². The largest absolute Gasteiger partial charge is 0.395 e. The summed E-state index contributed by atoms with van der Waals surface area (Å²) < 4.78 is 0. The molecular formula is C19H29N3O3. The van der Waals surface area contributed by atoms with Gasteiger partial charge in [0.2, 0.25) is 5.91 Å². The van der Waals surface area contributed by atoms with E-state index in [1.807, 2.05) is 49.9 Å². The first-order chi connectivity index (χ1) is 11.8. The van der Waals surface area contributed by atoms with Crippen molar-refractivity contribution in [3.8, 4) is 0 Å². The SMILES string of the molecule is CC(C)(C)C(=O)NCc1cccc(C(=O)N2CCN(CCO)CC2)c1. The molecule has 0 saturated carbocycles. The highest BCUT2D eigenvalue weighted by Crippen LogP contribution is 2.14. The number of benzene rings is 1. The Morgan fingerprint density at radius 2 is 1.84 bits per heavy atom. The lowest BCUT2D eigenvalue weighted by atomic mass is 9.95. The van der Waals surface area contributed by atoms with Crippen LogP contribution in [0.1, 0.15) is 36.7 Å². The molecule has 2 amide bonds. The van der Waals surface area contributed by atoms with E-state index in [1.54, 1.807) is 0 Å². The lowest BCUT2D eigenvalue weighted by molar-refractivity contribution is -0.128. The Kier molecular flexibility index (Phi) is 6.56. The molecule has 0 atom stereocenters. The minimum absolute atomic E-state index is 0.00997. The second-order valence-corrected chi connectivity index (χ2v) is 7.49. The van der Waals surface area contributed by atoms with Crippen LogP contribution in [0.4, 0.5) is 0 Å². The van der Waals surface area contributed by atoms with Crippen molar-refractivity contribution >= 4 is 11.8 Å². The minimum atomic E-state index is -0.429. The van der Waals surface area contributed by atoms with Crippen molar-refractivity contribution in [2.45, 2.75) is 27.3 Å². The van der Waals surface area contributed by atoms with Crippen molar-refractivity contribution in [1.29, 1.82) is 0 Å². The zero-order valence-corrected chi connectivity index (χ0v) is 15.4. The number of hydrogen-bond acceptors (Lipinski definition) is 4. The fourth-order valence-electron chi connectivity index (χ4n) is 2.76. The van der Waals surface area contributed by atoms with Gasteiger partial charge in [0.1, 0.15) is 0 Å². The average molecular weight is 347 g/mol. The van der Waals surface area contributed by atoms with Gasteiger partial charge in [-0.2, -0.15) is 0 Å². The van der Waals surface area contributed by atoms with Crippen LogP contribution >= 0.6 is 0 Å². The van der Waals surface area contributed by atoms with E-state index in [0.29, 0.717) is 31.7 Å².